The van der Waals surface area contributed by atoms with E-state index in [0.717, 1.165) is 5.69 Å². The van der Waals surface area contributed by atoms with Crippen molar-refractivity contribution < 1.29 is 9.53 Å². The summed E-state index contributed by atoms with van der Waals surface area (Å²) in [6.45, 7) is -0.146. The Morgan fingerprint density at radius 3 is 2.90 bits per heavy atom. The smallest absolute Gasteiger partial charge is 0.263 e. The first-order chi connectivity index (χ1) is 10.1. The number of halogens is 2. The van der Waals surface area contributed by atoms with E-state index >= 15 is 0 Å². The van der Waals surface area contributed by atoms with E-state index in [1.165, 1.54) is 12.8 Å². The zero-order valence-corrected chi connectivity index (χ0v) is 12.5. The lowest BCUT2D eigenvalue weighted by Gasteiger charge is -2.07. The largest absolute Gasteiger partial charge is 0.482 e. The standard InChI is InChI=1S/C14H13Cl2N3O2/c15-9-3-4-12(10(16)5-9)21-7-14(20)17-13-6-11(18-19-13)8-1-2-8/h3-6,8H,1-2,7H2,(H2,17,18,19,20). The first-order valence-corrected chi connectivity index (χ1v) is 7.30. The number of hydrogen-bond donors (Lipinski definition) is 2. The van der Waals surface area contributed by atoms with Gasteiger partial charge in [0.2, 0.25) is 0 Å². The minimum Gasteiger partial charge on any atom is -0.482 e. The van der Waals surface area contributed by atoms with Gasteiger partial charge in [-0.15, -0.1) is 0 Å². The number of amides is 1. The van der Waals surface area contributed by atoms with Crippen LogP contribution in [0.15, 0.2) is 24.3 Å². The molecule has 0 atom stereocenters. The van der Waals surface area contributed by atoms with Gasteiger partial charge in [-0.1, -0.05) is 23.2 Å². The van der Waals surface area contributed by atoms with E-state index in [9.17, 15) is 4.79 Å². The van der Waals surface area contributed by atoms with Crippen molar-refractivity contribution in [2.24, 2.45) is 0 Å². The molecule has 1 aliphatic carbocycles. The van der Waals surface area contributed by atoms with Gasteiger partial charge in [0.05, 0.1) is 5.02 Å². The monoisotopic (exact) mass is 325 g/mol. The average Bonchev–Trinajstić information content (AvgIpc) is 3.19. The number of H-pyrrole nitrogens is 1. The van der Waals surface area contributed by atoms with E-state index in [2.05, 4.69) is 15.5 Å². The zero-order chi connectivity index (χ0) is 14.8. The molecule has 1 amide bonds. The second-order valence-electron chi connectivity index (χ2n) is 4.89. The number of carbonyl (C=O) groups excluding carboxylic acids is 1. The van der Waals surface area contributed by atoms with Crippen molar-refractivity contribution in [1.29, 1.82) is 0 Å². The van der Waals surface area contributed by atoms with Gasteiger partial charge in [-0.2, -0.15) is 5.10 Å². The molecule has 1 aromatic carbocycles. The number of anilines is 1. The maximum absolute atomic E-state index is 11.8. The Bertz CT molecular complexity index is 668. The van der Waals surface area contributed by atoms with Crippen LogP contribution < -0.4 is 10.1 Å². The summed E-state index contributed by atoms with van der Waals surface area (Å²) in [5, 5.41) is 10.5. The Morgan fingerprint density at radius 2 is 2.19 bits per heavy atom. The molecule has 1 heterocycles. The predicted octanol–water partition coefficient (Wildman–Crippen LogP) is 3.61. The molecule has 0 bridgehead atoms. The number of benzene rings is 1. The van der Waals surface area contributed by atoms with Crippen molar-refractivity contribution >= 4 is 34.9 Å². The zero-order valence-electron chi connectivity index (χ0n) is 11.0. The van der Waals surface area contributed by atoms with Gasteiger partial charge >= 0.3 is 0 Å². The number of aromatic nitrogens is 2. The molecule has 0 radical (unpaired) electrons. The average molecular weight is 326 g/mol. The second kappa shape index (κ2) is 5.95. The SMILES string of the molecule is O=C(COc1ccc(Cl)cc1Cl)Nc1cc(C2CC2)[nH]n1. The molecule has 5 nitrogen and oxygen atoms in total. The Balaban J connectivity index is 1.53. The number of carbonyl (C=O) groups is 1. The van der Waals surface area contributed by atoms with Crippen LogP contribution >= 0.6 is 23.2 Å². The highest BCUT2D eigenvalue weighted by atomic mass is 35.5. The fourth-order valence-corrected chi connectivity index (χ4v) is 2.38. The molecule has 21 heavy (non-hydrogen) atoms. The molecular formula is C14H13Cl2N3O2. The second-order valence-corrected chi connectivity index (χ2v) is 5.74. The minimum absolute atomic E-state index is 0.146. The Morgan fingerprint density at radius 1 is 1.38 bits per heavy atom. The predicted molar refractivity (Wildman–Crippen MR) is 81.1 cm³/mol. The third-order valence-corrected chi connectivity index (χ3v) is 3.67. The van der Waals surface area contributed by atoms with E-state index in [1.807, 2.05) is 6.07 Å². The molecule has 7 heteroatoms. The summed E-state index contributed by atoms with van der Waals surface area (Å²) in [6, 6.07) is 6.69. The highest BCUT2D eigenvalue weighted by Gasteiger charge is 2.25. The minimum atomic E-state index is -0.296. The summed E-state index contributed by atoms with van der Waals surface area (Å²) in [4.78, 5) is 11.8. The molecule has 1 saturated carbocycles. The first kappa shape index (κ1) is 14.2. The number of nitrogens with one attached hydrogen (secondary N) is 2. The topological polar surface area (TPSA) is 67.0 Å². The fraction of sp³-hybridized carbons (Fsp3) is 0.286. The molecule has 0 saturated heterocycles. The summed E-state index contributed by atoms with van der Waals surface area (Å²) in [7, 11) is 0. The fourth-order valence-electron chi connectivity index (χ4n) is 1.92. The molecule has 110 valence electrons. The molecule has 3 rings (SSSR count). The van der Waals surface area contributed by atoms with Crippen LogP contribution in [-0.4, -0.2) is 22.7 Å². The lowest BCUT2D eigenvalue weighted by molar-refractivity contribution is -0.118. The summed E-state index contributed by atoms with van der Waals surface area (Å²) >= 11 is 11.7. The molecule has 1 fully saturated rings. The maximum Gasteiger partial charge on any atom is 0.263 e. The number of aromatic amines is 1. The van der Waals surface area contributed by atoms with Gasteiger partial charge in [0.15, 0.2) is 12.4 Å². The molecule has 0 unspecified atom stereocenters. The van der Waals surface area contributed by atoms with Crippen LogP contribution in [0.3, 0.4) is 0 Å². The van der Waals surface area contributed by atoms with E-state index in [1.54, 1.807) is 18.2 Å². The normalized spacial score (nSPS) is 14.0. The Labute approximate surface area is 131 Å². The van der Waals surface area contributed by atoms with Crippen LogP contribution in [0.4, 0.5) is 5.82 Å². The highest BCUT2D eigenvalue weighted by molar-refractivity contribution is 6.35. The van der Waals surface area contributed by atoms with Crippen molar-refractivity contribution in [2.75, 3.05) is 11.9 Å². The quantitative estimate of drug-likeness (QED) is 0.882. The summed E-state index contributed by atoms with van der Waals surface area (Å²) in [5.74, 6) is 1.19. The van der Waals surface area contributed by atoms with Gasteiger partial charge < -0.3 is 10.1 Å². The van der Waals surface area contributed by atoms with E-state index in [-0.39, 0.29) is 12.5 Å². The van der Waals surface area contributed by atoms with Crippen molar-refractivity contribution in [3.63, 3.8) is 0 Å². The molecule has 1 aromatic heterocycles. The van der Waals surface area contributed by atoms with Gasteiger partial charge in [-0.25, -0.2) is 0 Å². The summed E-state index contributed by atoms with van der Waals surface area (Å²) < 4.78 is 5.35. The van der Waals surface area contributed by atoms with E-state index in [0.29, 0.717) is 27.5 Å². The lowest BCUT2D eigenvalue weighted by atomic mass is 10.3. The molecule has 0 spiro atoms. The highest BCUT2D eigenvalue weighted by Crippen LogP contribution is 2.39. The van der Waals surface area contributed by atoms with E-state index < -0.39 is 0 Å². The molecular weight excluding hydrogens is 313 g/mol. The van der Waals surface area contributed by atoms with Crippen molar-refractivity contribution in [3.05, 3.63) is 40.0 Å². The number of hydrogen-bond acceptors (Lipinski definition) is 3. The molecule has 2 aromatic rings. The third kappa shape index (κ3) is 3.68. The Hall–Kier alpha value is -1.72. The third-order valence-electron chi connectivity index (χ3n) is 3.14. The number of ether oxygens (including phenoxy) is 1. The van der Waals surface area contributed by atoms with Crippen LogP contribution in [0.25, 0.3) is 0 Å². The lowest BCUT2D eigenvalue weighted by Crippen LogP contribution is -2.20. The summed E-state index contributed by atoms with van der Waals surface area (Å²) in [6.07, 6.45) is 2.35. The molecule has 1 aliphatic rings. The Kier molecular flexibility index (Phi) is 4.03. The van der Waals surface area contributed by atoms with Crippen LogP contribution in [-0.2, 0) is 4.79 Å². The van der Waals surface area contributed by atoms with Gasteiger partial charge in [0, 0.05) is 22.7 Å². The van der Waals surface area contributed by atoms with Crippen LogP contribution in [0, 0.1) is 0 Å². The van der Waals surface area contributed by atoms with Crippen molar-refractivity contribution in [1.82, 2.24) is 10.2 Å². The van der Waals surface area contributed by atoms with Gasteiger partial charge in [0.25, 0.3) is 5.91 Å². The van der Waals surface area contributed by atoms with E-state index in [4.69, 9.17) is 27.9 Å². The van der Waals surface area contributed by atoms with Gasteiger partial charge in [-0.3, -0.25) is 9.89 Å². The van der Waals surface area contributed by atoms with Gasteiger partial charge in [0.1, 0.15) is 5.75 Å². The summed E-state index contributed by atoms with van der Waals surface area (Å²) in [5.41, 5.74) is 1.06. The number of nitrogens with zero attached hydrogens (tertiary/aromatic N) is 1. The van der Waals surface area contributed by atoms with Crippen LogP contribution in [0.2, 0.25) is 10.0 Å². The first-order valence-electron chi connectivity index (χ1n) is 6.55. The molecule has 2 N–H and O–H groups in total. The van der Waals surface area contributed by atoms with Gasteiger partial charge in [-0.05, 0) is 31.0 Å². The molecule has 0 aliphatic heterocycles. The maximum atomic E-state index is 11.8. The van der Waals surface area contributed by atoms with Crippen LogP contribution in [0.5, 0.6) is 5.75 Å². The van der Waals surface area contributed by atoms with Crippen molar-refractivity contribution in [2.45, 2.75) is 18.8 Å². The van der Waals surface area contributed by atoms with Crippen LogP contribution in [0.1, 0.15) is 24.5 Å². The number of rotatable bonds is 5. The van der Waals surface area contributed by atoms with Crippen molar-refractivity contribution in [3.8, 4) is 5.75 Å².